The number of amides is 1. The number of anilines is 1. The molecule has 7 heteroatoms. The van der Waals surface area contributed by atoms with E-state index >= 15 is 0 Å². The van der Waals surface area contributed by atoms with E-state index in [1.807, 2.05) is 12.1 Å². The lowest BCUT2D eigenvalue weighted by molar-refractivity contribution is -0.119. The Morgan fingerprint density at radius 1 is 1.21 bits per heavy atom. The molecule has 0 radical (unpaired) electrons. The molecule has 0 atom stereocenters. The van der Waals surface area contributed by atoms with Crippen LogP contribution in [-0.2, 0) is 21.4 Å². The Labute approximate surface area is 142 Å². The van der Waals surface area contributed by atoms with Crippen LogP contribution in [0.2, 0.25) is 0 Å². The molecule has 0 saturated heterocycles. The molecule has 2 aromatic rings. The summed E-state index contributed by atoms with van der Waals surface area (Å²) in [5.74, 6) is 0.558. The fourth-order valence-corrected chi connectivity index (χ4v) is 3.07. The van der Waals surface area contributed by atoms with E-state index in [0.29, 0.717) is 17.4 Å². The van der Waals surface area contributed by atoms with Crippen LogP contribution >= 0.6 is 0 Å². The van der Waals surface area contributed by atoms with Gasteiger partial charge in [-0.3, -0.25) is 9.10 Å². The van der Waals surface area contributed by atoms with Crippen molar-refractivity contribution >= 4 is 21.6 Å². The summed E-state index contributed by atoms with van der Waals surface area (Å²) in [6.45, 7) is 4.06. The normalized spacial score (nSPS) is 11.5. The molecule has 6 nitrogen and oxygen atoms in total. The molecular formula is C17H22N2O4S. The molecule has 1 aromatic carbocycles. The molecule has 0 unspecified atom stereocenters. The van der Waals surface area contributed by atoms with Crippen LogP contribution in [0.5, 0.6) is 0 Å². The predicted octanol–water partition coefficient (Wildman–Crippen LogP) is 2.49. The first-order valence-corrected chi connectivity index (χ1v) is 9.49. The van der Waals surface area contributed by atoms with E-state index < -0.39 is 15.9 Å². The van der Waals surface area contributed by atoms with Crippen LogP contribution in [-0.4, -0.2) is 27.1 Å². The number of nitrogens with one attached hydrogen (secondary N) is 1. The first-order chi connectivity index (χ1) is 11.3. The summed E-state index contributed by atoms with van der Waals surface area (Å²) >= 11 is 0. The van der Waals surface area contributed by atoms with E-state index in [4.69, 9.17) is 4.42 Å². The number of carbonyl (C=O) groups is 1. The highest BCUT2D eigenvalue weighted by Gasteiger charge is 2.21. The van der Waals surface area contributed by atoms with E-state index in [-0.39, 0.29) is 13.1 Å². The maximum absolute atomic E-state index is 12.1. The quantitative estimate of drug-likeness (QED) is 0.832. The lowest BCUT2D eigenvalue weighted by Crippen LogP contribution is -2.40. The first kappa shape index (κ1) is 18.1. The lowest BCUT2D eigenvalue weighted by Gasteiger charge is -2.22. The van der Waals surface area contributed by atoms with Gasteiger partial charge in [0.25, 0.3) is 0 Å². The van der Waals surface area contributed by atoms with Gasteiger partial charge in [-0.25, -0.2) is 8.42 Å². The van der Waals surface area contributed by atoms with Crippen molar-refractivity contribution in [3.63, 3.8) is 0 Å². The van der Waals surface area contributed by atoms with Crippen molar-refractivity contribution < 1.29 is 17.6 Å². The van der Waals surface area contributed by atoms with E-state index in [9.17, 15) is 13.2 Å². The van der Waals surface area contributed by atoms with E-state index in [0.717, 1.165) is 16.1 Å². The maximum Gasteiger partial charge on any atom is 0.241 e. The molecule has 0 saturated carbocycles. The van der Waals surface area contributed by atoms with Gasteiger partial charge in [-0.2, -0.15) is 0 Å². The highest BCUT2D eigenvalue weighted by molar-refractivity contribution is 7.92. The van der Waals surface area contributed by atoms with Crippen molar-refractivity contribution in [2.24, 2.45) is 0 Å². The third-order valence-electron chi connectivity index (χ3n) is 3.58. The minimum atomic E-state index is -3.57. The van der Waals surface area contributed by atoms with Crippen molar-refractivity contribution in [2.45, 2.75) is 26.3 Å². The number of rotatable bonds is 7. The number of benzene rings is 1. The average molecular weight is 350 g/mol. The summed E-state index contributed by atoms with van der Waals surface area (Å²) in [6, 6.07) is 10.6. The van der Waals surface area contributed by atoms with E-state index in [1.165, 1.54) is 6.26 Å². The second-order valence-electron chi connectivity index (χ2n) is 5.87. The van der Waals surface area contributed by atoms with Gasteiger partial charge in [0.15, 0.2) is 0 Å². The highest BCUT2D eigenvalue weighted by Crippen LogP contribution is 2.21. The van der Waals surface area contributed by atoms with Gasteiger partial charge in [-0.1, -0.05) is 26.0 Å². The van der Waals surface area contributed by atoms with Gasteiger partial charge < -0.3 is 9.73 Å². The fraction of sp³-hybridized carbons (Fsp3) is 0.353. The van der Waals surface area contributed by atoms with Crippen molar-refractivity contribution in [1.82, 2.24) is 5.32 Å². The largest absolute Gasteiger partial charge is 0.467 e. The summed E-state index contributed by atoms with van der Waals surface area (Å²) in [5, 5.41) is 2.65. The van der Waals surface area contributed by atoms with Crippen molar-refractivity contribution in [3.05, 3.63) is 54.0 Å². The predicted molar refractivity (Wildman–Crippen MR) is 93.3 cm³/mol. The number of furan rings is 1. The third kappa shape index (κ3) is 4.86. The van der Waals surface area contributed by atoms with Crippen LogP contribution in [0.1, 0.15) is 31.1 Å². The molecule has 1 N–H and O–H groups in total. The van der Waals surface area contributed by atoms with Gasteiger partial charge in [-0.05, 0) is 35.7 Å². The van der Waals surface area contributed by atoms with Gasteiger partial charge >= 0.3 is 0 Å². The SMILES string of the molecule is CC(C)c1ccc(N(CC(=O)NCc2ccco2)S(C)(=O)=O)cc1. The Morgan fingerprint density at radius 2 is 1.88 bits per heavy atom. The standard InChI is InChI=1S/C17H22N2O4S/c1-13(2)14-6-8-15(9-7-14)19(24(3,21)22)12-17(20)18-11-16-5-4-10-23-16/h4-10,13H,11-12H2,1-3H3,(H,18,20). The summed E-state index contributed by atoms with van der Waals surface area (Å²) in [7, 11) is -3.57. The van der Waals surface area contributed by atoms with Gasteiger partial charge in [0.2, 0.25) is 15.9 Å². The summed E-state index contributed by atoms with van der Waals surface area (Å²) in [5.41, 5.74) is 1.57. The Morgan fingerprint density at radius 3 is 2.38 bits per heavy atom. The smallest absolute Gasteiger partial charge is 0.241 e. The molecule has 0 fully saturated rings. The second kappa shape index (κ2) is 7.53. The van der Waals surface area contributed by atoms with Crippen molar-refractivity contribution in [1.29, 1.82) is 0 Å². The molecule has 0 bridgehead atoms. The van der Waals surface area contributed by atoms with Crippen LogP contribution in [0.4, 0.5) is 5.69 Å². The van der Waals surface area contributed by atoms with Gasteiger partial charge in [0.1, 0.15) is 12.3 Å². The monoisotopic (exact) mass is 350 g/mol. The molecule has 0 aliphatic heterocycles. The second-order valence-corrected chi connectivity index (χ2v) is 7.78. The number of sulfonamides is 1. The van der Waals surface area contributed by atoms with Crippen LogP contribution in [0.15, 0.2) is 47.1 Å². The number of hydrogen-bond acceptors (Lipinski definition) is 4. The molecule has 24 heavy (non-hydrogen) atoms. The topological polar surface area (TPSA) is 79.6 Å². The number of nitrogens with zero attached hydrogens (tertiary/aromatic N) is 1. The average Bonchev–Trinajstić information content (AvgIpc) is 3.03. The lowest BCUT2D eigenvalue weighted by atomic mass is 10.0. The molecule has 1 heterocycles. The molecule has 0 aliphatic carbocycles. The van der Waals surface area contributed by atoms with Gasteiger partial charge in [0.05, 0.1) is 24.8 Å². The molecule has 2 rings (SSSR count). The number of carbonyl (C=O) groups excluding carboxylic acids is 1. The molecule has 0 spiro atoms. The summed E-state index contributed by atoms with van der Waals surface area (Å²) in [6.07, 6.45) is 2.60. The third-order valence-corrected chi connectivity index (χ3v) is 4.72. The molecule has 130 valence electrons. The van der Waals surface area contributed by atoms with Crippen LogP contribution in [0.3, 0.4) is 0 Å². The zero-order valence-electron chi connectivity index (χ0n) is 14.0. The zero-order valence-corrected chi connectivity index (χ0v) is 14.8. The van der Waals surface area contributed by atoms with Crippen molar-refractivity contribution in [3.8, 4) is 0 Å². The van der Waals surface area contributed by atoms with Crippen LogP contribution < -0.4 is 9.62 Å². The minimum absolute atomic E-state index is 0.218. The van der Waals surface area contributed by atoms with Gasteiger partial charge in [0, 0.05) is 0 Å². The van der Waals surface area contributed by atoms with Crippen LogP contribution in [0, 0.1) is 0 Å². The minimum Gasteiger partial charge on any atom is -0.467 e. The Bertz CT molecular complexity index is 765. The van der Waals surface area contributed by atoms with E-state index in [1.54, 1.807) is 24.3 Å². The van der Waals surface area contributed by atoms with E-state index in [2.05, 4.69) is 19.2 Å². The van der Waals surface area contributed by atoms with Crippen molar-refractivity contribution in [2.75, 3.05) is 17.1 Å². The number of hydrogen-bond donors (Lipinski definition) is 1. The molecule has 1 amide bonds. The fourth-order valence-electron chi connectivity index (χ4n) is 2.21. The Kier molecular flexibility index (Phi) is 5.66. The summed E-state index contributed by atoms with van der Waals surface area (Å²) in [4.78, 5) is 12.1. The summed E-state index contributed by atoms with van der Waals surface area (Å²) < 4.78 is 30.3. The zero-order chi connectivity index (χ0) is 17.7. The molecule has 0 aliphatic rings. The Balaban J connectivity index is 2.09. The molecule has 1 aromatic heterocycles. The highest BCUT2D eigenvalue weighted by atomic mass is 32.2. The maximum atomic E-state index is 12.1. The Hall–Kier alpha value is -2.28. The first-order valence-electron chi connectivity index (χ1n) is 7.64. The van der Waals surface area contributed by atoms with Crippen LogP contribution in [0.25, 0.3) is 0 Å². The molecular weight excluding hydrogens is 328 g/mol. The van der Waals surface area contributed by atoms with Gasteiger partial charge in [-0.15, -0.1) is 0 Å².